The van der Waals surface area contributed by atoms with Gasteiger partial charge in [0.15, 0.2) is 5.65 Å². The van der Waals surface area contributed by atoms with Crippen molar-refractivity contribution in [3.63, 3.8) is 0 Å². The number of aryl methyl sites for hydroxylation is 1. The van der Waals surface area contributed by atoms with E-state index in [1.165, 1.54) is 21.8 Å². The highest BCUT2D eigenvalue weighted by atomic mass is 16.2. The van der Waals surface area contributed by atoms with E-state index in [9.17, 15) is 9.59 Å². The first-order chi connectivity index (χ1) is 15.6. The summed E-state index contributed by atoms with van der Waals surface area (Å²) < 4.78 is 4.46. The maximum atomic E-state index is 12.8. The maximum absolute atomic E-state index is 12.8. The number of nitrogens with zero attached hydrogens (tertiary/aromatic N) is 6. The Bertz CT molecular complexity index is 1470. The SMILES string of the molecule is Cn1ncc2c(=O)n(CC(=O)Nc3cc(-c4ccccc4)nn3-c3ccccc3)cnc21. The highest BCUT2D eigenvalue weighted by molar-refractivity contribution is 5.91. The molecule has 0 aliphatic heterocycles. The van der Waals surface area contributed by atoms with Crippen LogP contribution in [0.25, 0.3) is 28.0 Å². The van der Waals surface area contributed by atoms with Crippen molar-refractivity contribution >= 4 is 22.8 Å². The molecular weight excluding hydrogens is 406 g/mol. The van der Waals surface area contributed by atoms with Crippen LogP contribution in [-0.4, -0.2) is 35.0 Å². The number of para-hydroxylation sites is 1. The summed E-state index contributed by atoms with van der Waals surface area (Å²) in [6.07, 6.45) is 2.81. The van der Waals surface area contributed by atoms with Crippen molar-refractivity contribution in [3.8, 4) is 16.9 Å². The molecule has 0 unspecified atom stereocenters. The van der Waals surface area contributed by atoms with E-state index in [1.807, 2.05) is 66.7 Å². The quantitative estimate of drug-likeness (QED) is 0.467. The van der Waals surface area contributed by atoms with E-state index in [2.05, 4.69) is 20.5 Å². The number of fused-ring (bicyclic) bond motifs is 1. The molecule has 9 heteroatoms. The van der Waals surface area contributed by atoms with Gasteiger partial charge in [-0.1, -0.05) is 48.5 Å². The van der Waals surface area contributed by atoms with Gasteiger partial charge in [0.05, 0.1) is 17.6 Å². The van der Waals surface area contributed by atoms with Crippen LogP contribution >= 0.6 is 0 Å². The predicted octanol–water partition coefficient (Wildman–Crippen LogP) is 2.62. The summed E-state index contributed by atoms with van der Waals surface area (Å²) in [6, 6.07) is 21.1. The van der Waals surface area contributed by atoms with Crippen molar-refractivity contribution in [3.05, 3.63) is 89.6 Å². The van der Waals surface area contributed by atoms with E-state index in [1.54, 1.807) is 11.7 Å². The number of hydrogen-bond acceptors (Lipinski definition) is 5. The average molecular weight is 425 g/mol. The van der Waals surface area contributed by atoms with Crippen LogP contribution in [0.5, 0.6) is 0 Å². The van der Waals surface area contributed by atoms with Gasteiger partial charge in [-0.2, -0.15) is 10.2 Å². The minimum atomic E-state index is -0.367. The lowest BCUT2D eigenvalue weighted by atomic mass is 10.2. The van der Waals surface area contributed by atoms with Crippen LogP contribution in [-0.2, 0) is 18.4 Å². The molecule has 1 N–H and O–H groups in total. The van der Waals surface area contributed by atoms with Crippen molar-refractivity contribution in [1.82, 2.24) is 29.1 Å². The summed E-state index contributed by atoms with van der Waals surface area (Å²) in [5.41, 5.74) is 2.61. The third-order valence-corrected chi connectivity index (χ3v) is 5.08. The molecule has 0 spiro atoms. The molecule has 32 heavy (non-hydrogen) atoms. The summed E-state index contributed by atoms with van der Waals surface area (Å²) in [5, 5.41) is 12.0. The Kier molecular flexibility index (Phi) is 4.83. The van der Waals surface area contributed by atoms with E-state index < -0.39 is 0 Å². The van der Waals surface area contributed by atoms with E-state index in [0.29, 0.717) is 16.9 Å². The summed E-state index contributed by atoms with van der Waals surface area (Å²) in [6.45, 7) is -0.183. The van der Waals surface area contributed by atoms with Crippen molar-refractivity contribution in [2.24, 2.45) is 7.05 Å². The topological polar surface area (TPSA) is 99.6 Å². The number of aromatic nitrogens is 6. The smallest absolute Gasteiger partial charge is 0.264 e. The maximum Gasteiger partial charge on any atom is 0.264 e. The van der Waals surface area contributed by atoms with Gasteiger partial charge in [-0.15, -0.1) is 0 Å². The lowest BCUT2D eigenvalue weighted by Gasteiger charge is -2.09. The van der Waals surface area contributed by atoms with E-state index in [-0.39, 0.29) is 18.0 Å². The van der Waals surface area contributed by atoms with Crippen molar-refractivity contribution < 1.29 is 4.79 Å². The first kappa shape index (κ1) is 19.4. The Balaban J connectivity index is 1.47. The van der Waals surface area contributed by atoms with Crippen LogP contribution in [0.2, 0.25) is 0 Å². The molecule has 0 saturated carbocycles. The van der Waals surface area contributed by atoms with Crippen LogP contribution in [0.4, 0.5) is 5.82 Å². The number of hydrogen-bond donors (Lipinski definition) is 1. The number of nitrogens with one attached hydrogen (secondary N) is 1. The molecule has 2 aromatic carbocycles. The fourth-order valence-corrected chi connectivity index (χ4v) is 3.50. The van der Waals surface area contributed by atoms with E-state index in [0.717, 1.165) is 16.9 Å². The van der Waals surface area contributed by atoms with Gasteiger partial charge < -0.3 is 5.32 Å². The molecule has 5 aromatic rings. The van der Waals surface area contributed by atoms with Crippen molar-refractivity contribution in [1.29, 1.82) is 0 Å². The normalized spacial score (nSPS) is 11.0. The number of anilines is 1. The monoisotopic (exact) mass is 425 g/mol. The van der Waals surface area contributed by atoms with Crippen LogP contribution in [0, 0.1) is 0 Å². The summed E-state index contributed by atoms with van der Waals surface area (Å²) in [5.74, 6) is 0.136. The number of carbonyl (C=O) groups is 1. The highest BCUT2D eigenvalue weighted by Gasteiger charge is 2.15. The number of rotatable bonds is 5. The van der Waals surface area contributed by atoms with Crippen molar-refractivity contribution in [2.75, 3.05) is 5.32 Å². The Morgan fingerprint density at radius 1 is 1.03 bits per heavy atom. The van der Waals surface area contributed by atoms with Crippen molar-refractivity contribution in [2.45, 2.75) is 6.54 Å². The Labute approximate surface area is 182 Å². The standard InChI is InChI=1S/C23H19N7O2/c1-28-22-18(13-25-28)23(32)29(15-24-22)14-21(31)26-20-12-19(16-8-4-2-5-9-16)27-30(20)17-10-6-3-7-11-17/h2-13,15H,14H2,1H3,(H,26,31). The molecule has 3 heterocycles. The second-order valence-corrected chi connectivity index (χ2v) is 7.26. The molecule has 0 bridgehead atoms. The number of carbonyl (C=O) groups excluding carboxylic acids is 1. The van der Waals surface area contributed by atoms with Crippen LogP contribution in [0.3, 0.4) is 0 Å². The third-order valence-electron chi connectivity index (χ3n) is 5.08. The first-order valence-corrected chi connectivity index (χ1v) is 9.98. The van der Waals surface area contributed by atoms with Gasteiger partial charge in [0, 0.05) is 18.7 Å². The zero-order valence-electron chi connectivity index (χ0n) is 17.2. The lowest BCUT2D eigenvalue weighted by Crippen LogP contribution is -2.28. The fraction of sp³-hybridized carbons (Fsp3) is 0.0870. The molecule has 0 fully saturated rings. The zero-order chi connectivity index (χ0) is 22.1. The highest BCUT2D eigenvalue weighted by Crippen LogP contribution is 2.24. The predicted molar refractivity (Wildman–Crippen MR) is 120 cm³/mol. The summed E-state index contributed by atoms with van der Waals surface area (Å²) in [7, 11) is 1.71. The Hall–Kier alpha value is -4.53. The summed E-state index contributed by atoms with van der Waals surface area (Å²) >= 11 is 0. The molecule has 0 radical (unpaired) electrons. The van der Waals surface area contributed by atoms with Gasteiger partial charge >= 0.3 is 0 Å². The fourth-order valence-electron chi connectivity index (χ4n) is 3.50. The third kappa shape index (κ3) is 3.56. The molecule has 0 aliphatic carbocycles. The molecule has 9 nitrogen and oxygen atoms in total. The van der Waals surface area contributed by atoms with E-state index in [4.69, 9.17) is 0 Å². The van der Waals surface area contributed by atoms with Gasteiger partial charge in [-0.3, -0.25) is 18.8 Å². The van der Waals surface area contributed by atoms with Crippen LogP contribution < -0.4 is 10.9 Å². The summed E-state index contributed by atoms with van der Waals surface area (Å²) in [4.78, 5) is 29.8. The molecule has 158 valence electrons. The van der Waals surface area contributed by atoms with Crippen LogP contribution in [0.1, 0.15) is 0 Å². The lowest BCUT2D eigenvalue weighted by molar-refractivity contribution is -0.116. The van der Waals surface area contributed by atoms with Gasteiger partial charge in [-0.25, -0.2) is 9.67 Å². The minimum Gasteiger partial charge on any atom is -0.309 e. The average Bonchev–Trinajstić information content (AvgIpc) is 3.41. The Morgan fingerprint density at radius 2 is 1.75 bits per heavy atom. The van der Waals surface area contributed by atoms with Gasteiger partial charge in [0.1, 0.15) is 24.1 Å². The molecule has 0 aliphatic rings. The molecule has 5 rings (SSSR count). The second kappa shape index (κ2) is 7.95. The van der Waals surface area contributed by atoms with Gasteiger partial charge in [0.25, 0.3) is 5.56 Å². The van der Waals surface area contributed by atoms with E-state index >= 15 is 0 Å². The van der Waals surface area contributed by atoms with Gasteiger partial charge in [-0.05, 0) is 12.1 Å². The van der Waals surface area contributed by atoms with Gasteiger partial charge in [0.2, 0.25) is 5.91 Å². The van der Waals surface area contributed by atoms with Crippen LogP contribution in [0.15, 0.2) is 84.0 Å². The minimum absolute atomic E-state index is 0.183. The second-order valence-electron chi connectivity index (χ2n) is 7.26. The zero-order valence-corrected chi connectivity index (χ0v) is 17.2. The first-order valence-electron chi connectivity index (χ1n) is 9.98. The number of benzene rings is 2. The molecule has 3 aromatic heterocycles. The molecule has 0 atom stereocenters. The molecular formula is C23H19N7O2. The molecule has 0 saturated heterocycles. The number of amides is 1. The molecule has 1 amide bonds. The Morgan fingerprint density at radius 3 is 2.50 bits per heavy atom. The largest absolute Gasteiger partial charge is 0.309 e.